The second-order valence-corrected chi connectivity index (χ2v) is 2.59. The second-order valence-electron chi connectivity index (χ2n) is 2.20. The lowest BCUT2D eigenvalue weighted by atomic mass is 10.1. The number of Topliss-reactive ketones (excluding diaryl/α,β-unsaturated/α-hetero) is 1. The van der Waals surface area contributed by atoms with Crippen LogP contribution in [0.5, 0.6) is 0 Å². The highest BCUT2D eigenvalue weighted by Gasteiger charge is 2.07. The molecule has 0 unspecified atom stereocenters. The van der Waals surface area contributed by atoms with Gasteiger partial charge >= 0.3 is 0 Å². The van der Waals surface area contributed by atoms with Crippen molar-refractivity contribution in [1.82, 2.24) is 4.98 Å². The average Bonchev–Trinajstić information content (AvgIpc) is 2.03. The fourth-order valence-electron chi connectivity index (χ4n) is 0.805. The molecule has 0 atom stereocenters. The van der Waals surface area contributed by atoms with Gasteiger partial charge in [0.05, 0.1) is 5.56 Å². The summed E-state index contributed by atoms with van der Waals surface area (Å²) in [6, 6.07) is 4.78. The molecule has 1 heterocycles. The summed E-state index contributed by atoms with van der Waals surface area (Å²) < 4.78 is 0. The zero-order chi connectivity index (χ0) is 9.14. The van der Waals surface area contributed by atoms with Crippen LogP contribution in [-0.2, 0) is 0 Å². The quantitative estimate of drug-likeness (QED) is 0.489. The number of nitrogens with zero attached hydrogens (tertiary/aromatic N) is 2. The van der Waals surface area contributed by atoms with E-state index in [0.717, 1.165) is 0 Å². The summed E-state index contributed by atoms with van der Waals surface area (Å²) in [5.74, 6) is -0.185. The van der Waals surface area contributed by atoms with Crippen LogP contribution in [0.25, 0.3) is 0 Å². The number of pyridine rings is 1. The molecule has 1 aromatic rings. The molecule has 3 nitrogen and oxygen atoms in total. The molecule has 0 N–H and O–H groups in total. The lowest BCUT2D eigenvalue weighted by molar-refractivity contribution is 0.101. The molecule has 0 radical (unpaired) electrons. The summed E-state index contributed by atoms with van der Waals surface area (Å²) in [6.07, 6.45) is 0. The maximum Gasteiger partial charge on any atom is 0.162 e. The third-order valence-electron chi connectivity index (χ3n) is 1.35. The minimum atomic E-state index is -0.185. The van der Waals surface area contributed by atoms with Gasteiger partial charge in [-0.3, -0.25) is 4.79 Å². The Morgan fingerprint density at radius 3 is 2.83 bits per heavy atom. The van der Waals surface area contributed by atoms with Crippen LogP contribution < -0.4 is 0 Å². The van der Waals surface area contributed by atoms with E-state index in [2.05, 4.69) is 4.98 Å². The largest absolute Gasteiger partial charge is 0.294 e. The van der Waals surface area contributed by atoms with Gasteiger partial charge in [-0.15, -0.1) is 0 Å². The Bertz CT molecular complexity index is 368. The highest BCUT2D eigenvalue weighted by molar-refractivity contribution is 6.29. The second kappa shape index (κ2) is 3.33. The lowest BCUT2D eigenvalue weighted by Gasteiger charge is -1.97. The molecule has 60 valence electrons. The van der Waals surface area contributed by atoms with Crippen molar-refractivity contribution < 1.29 is 4.79 Å². The summed E-state index contributed by atoms with van der Waals surface area (Å²) in [6.45, 7) is 1.38. The van der Waals surface area contributed by atoms with Crippen molar-refractivity contribution in [3.63, 3.8) is 0 Å². The normalized spacial score (nSPS) is 9.08. The number of hydrogen-bond acceptors (Lipinski definition) is 3. The molecular formula is C8H5ClN2O. The molecule has 0 aliphatic carbocycles. The molecule has 0 bridgehead atoms. The van der Waals surface area contributed by atoms with Crippen molar-refractivity contribution >= 4 is 17.4 Å². The fourth-order valence-corrected chi connectivity index (χ4v) is 0.952. The first-order valence-electron chi connectivity index (χ1n) is 3.22. The van der Waals surface area contributed by atoms with Gasteiger partial charge in [0.25, 0.3) is 0 Å². The van der Waals surface area contributed by atoms with E-state index in [1.807, 2.05) is 0 Å². The Labute approximate surface area is 74.6 Å². The third-order valence-corrected chi connectivity index (χ3v) is 1.56. The number of carbonyl (C=O) groups is 1. The van der Waals surface area contributed by atoms with Crippen LogP contribution >= 0.6 is 11.6 Å². The number of aromatic nitrogens is 1. The highest BCUT2D eigenvalue weighted by atomic mass is 35.5. The molecule has 0 aliphatic rings. The summed E-state index contributed by atoms with van der Waals surface area (Å²) in [7, 11) is 0. The fraction of sp³-hybridized carbons (Fsp3) is 0.125. The number of carbonyl (C=O) groups excluding carboxylic acids is 1. The summed E-state index contributed by atoms with van der Waals surface area (Å²) >= 11 is 5.53. The summed E-state index contributed by atoms with van der Waals surface area (Å²) in [5, 5.41) is 8.79. The van der Waals surface area contributed by atoms with Crippen molar-refractivity contribution in [2.24, 2.45) is 0 Å². The topological polar surface area (TPSA) is 53.8 Å². The standard InChI is InChI=1S/C8H5ClN2O/c1-5(12)6-2-3-8(9)11-7(6)4-10/h2-3H,1H3. The maximum absolute atomic E-state index is 10.9. The summed E-state index contributed by atoms with van der Waals surface area (Å²) in [5.41, 5.74) is 0.386. The Hall–Kier alpha value is -1.40. The molecule has 0 saturated heterocycles. The van der Waals surface area contributed by atoms with Crippen LogP contribution in [-0.4, -0.2) is 10.8 Å². The molecule has 0 amide bonds. The monoisotopic (exact) mass is 180 g/mol. The molecular weight excluding hydrogens is 176 g/mol. The Morgan fingerprint density at radius 2 is 2.33 bits per heavy atom. The number of nitriles is 1. The maximum atomic E-state index is 10.9. The number of ketones is 1. The van der Waals surface area contributed by atoms with Crippen LogP contribution in [0.3, 0.4) is 0 Å². The first-order valence-corrected chi connectivity index (χ1v) is 3.60. The van der Waals surface area contributed by atoms with Crippen LogP contribution in [0.1, 0.15) is 23.0 Å². The minimum absolute atomic E-state index is 0.0787. The van der Waals surface area contributed by atoms with E-state index in [1.54, 1.807) is 6.07 Å². The Balaban J connectivity index is 3.32. The molecule has 12 heavy (non-hydrogen) atoms. The van der Waals surface area contributed by atoms with Gasteiger partial charge in [0.15, 0.2) is 11.5 Å². The van der Waals surface area contributed by atoms with Crippen LogP contribution in [0.4, 0.5) is 0 Å². The molecule has 4 heteroatoms. The average molecular weight is 181 g/mol. The lowest BCUT2D eigenvalue weighted by Crippen LogP contribution is -1.98. The van der Waals surface area contributed by atoms with Crippen molar-refractivity contribution in [1.29, 1.82) is 5.26 Å². The van der Waals surface area contributed by atoms with Gasteiger partial charge in [-0.05, 0) is 19.1 Å². The first-order chi connectivity index (χ1) is 5.65. The van der Waals surface area contributed by atoms with E-state index in [0.29, 0.717) is 5.56 Å². The molecule has 1 aromatic heterocycles. The summed E-state index contributed by atoms with van der Waals surface area (Å²) in [4.78, 5) is 14.6. The van der Waals surface area contributed by atoms with Gasteiger partial charge in [0.1, 0.15) is 11.2 Å². The zero-order valence-electron chi connectivity index (χ0n) is 6.34. The molecule has 0 spiro atoms. The highest BCUT2D eigenvalue weighted by Crippen LogP contribution is 2.10. The van der Waals surface area contributed by atoms with Crippen molar-refractivity contribution in [3.05, 3.63) is 28.5 Å². The van der Waals surface area contributed by atoms with Gasteiger partial charge in [0.2, 0.25) is 0 Å². The van der Waals surface area contributed by atoms with Gasteiger partial charge < -0.3 is 0 Å². The van der Waals surface area contributed by atoms with Gasteiger partial charge in [-0.25, -0.2) is 4.98 Å². The van der Waals surface area contributed by atoms with Crippen molar-refractivity contribution in [3.8, 4) is 6.07 Å². The number of hydrogen-bond donors (Lipinski definition) is 0. The third kappa shape index (κ3) is 1.60. The van der Waals surface area contributed by atoms with E-state index >= 15 is 0 Å². The van der Waals surface area contributed by atoms with Crippen molar-refractivity contribution in [2.45, 2.75) is 6.92 Å². The van der Waals surface area contributed by atoms with E-state index in [4.69, 9.17) is 16.9 Å². The SMILES string of the molecule is CC(=O)c1ccc(Cl)nc1C#N. The number of rotatable bonds is 1. The molecule has 0 saturated carbocycles. The predicted molar refractivity (Wildman–Crippen MR) is 44.0 cm³/mol. The minimum Gasteiger partial charge on any atom is -0.294 e. The van der Waals surface area contributed by atoms with Crippen LogP contribution in [0.2, 0.25) is 5.15 Å². The van der Waals surface area contributed by atoms with E-state index in [9.17, 15) is 4.79 Å². The number of halogens is 1. The van der Waals surface area contributed by atoms with Crippen LogP contribution in [0, 0.1) is 11.3 Å². The molecule has 0 aliphatic heterocycles. The van der Waals surface area contributed by atoms with E-state index in [-0.39, 0.29) is 16.6 Å². The Kier molecular flexibility index (Phi) is 2.41. The Morgan fingerprint density at radius 1 is 1.67 bits per heavy atom. The zero-order valence-corrected chi connectivity index (χ0v) is 7.09. The predicted octanol–water partition coefficient (Wildman–Crippen LogP) is 1.81. The molecule has 0 aromatic carbocycles. The van der Waals surface area contributed by atoms with Crippen LogP contribution in [0.15, 0.2) is 12.1 Å². The van der Waals surface area contributed by atoms with Crippen molar-refractivity contribution in [2.75, 3.05) is 0 Å². The van der Waals surface area contributed by atoms with E-state index in [1.165, 1.54) is 19.1 Å². The first kappa shape index (κ1) is 8.69. The smallest absolute Gasteiger partial charge is 0.162 e. The van der Waals surface area contributed by atoms with Gasteiger partial charge in [-0.1, -0.05) is 11.6 Å². The van der Waals surface area contributed by atoms with Gasteiger partial charge in [0, 0.05) is 0 Å². The van der Waals surface area contributed by atoms with E-state index < -0.39 is 0 Å². The molecule has 0 fully saturated rings. The van der Waals surface area contributed by atoms with Gasteiger partial charge in [-0.2, -0.15) is 5.26 Å². The molecule has 1 rings (SSSR count).